The van der Waals surface area contributed by atoms with Crippen LogP contribution in [0, 0.1) is 0 Å². The second kappa shape index (κ2) is 10.1. The van der Waals surface area contributed by atoms with E-state index < -0.39 is 0 Å². The number of pyridine rings is 1. The first-order valence-electron chi connectivity index (χ1n) is 10.7. The quantitative estimate of drug-likeness (QED) is 0.507. The van der Waals surface area contributed by atoms with Crippen molar-refractivity contribution in [1.82, 2.24) is 10.3 Å². The van der Waals surface area contributed by atoms with Crippen molar-refractivity contribution in [3.8, 4) is 0 Å². The number of nitrogens with zero attached hydrogens (tertiary/aromatic N) is 2. The number of rotatable bonds is 9. The van der Waals surface area contributed by atoms with Crippen LogP contribution in [0.2, 0.25) is 0 Å². The first kappa shape index (κ1) is 20.8. The maximum Gasteiger partial charge on any atom is 0.252 e. The van der Waals surface area contributed by atoms with E-state index in [0.717, 1.165) is 54.6 Å². The van der Waals surface area contributed by atoms with Crippen LogP contribution in [0.3, 0.4) is 0 Å². The summed E-state index contributed by atoms with van der Waals surface area (Å²) in [5.41, 5.74) is 2.67. The third-order valence-corrected chi connectivity index (χ3v) is 5.35. The zero-order valence-electron chi connectivity index (χ0n) is 17.7. The second-order valence-corrected chi connectivity index (χ2v) is 7.32. The van der Waals surface area contributed by atoms with E-state index in [2.05, 4.69) is 43.1 Å². The smallest absolute Gasteiger partial charge is 0.252 e. The van der Waals surface area contributed by atoms with Crippen LogP contribution >= 0.6 is 0 Å². The van der Waals surface area contributed by atoms with E-state index in [1.807, 2.05) is 48.5 Å². The van der Waals surface area contributed by atoms with Gasteiger partial charge in [-0.3, -0.25) is 4.79 Å². The molecule has 1 aromatic heterocycles. The summed E-state index contributed by atoms with van der Waals surface area (Å²) in [4.78, 5) is 20.4. The molecule has 1 atom stereocenters. The number of benzene rings is 2. The highest BCUT2D eigenvalue weighted by atomic mass is 16.1. The van der Waals surface area contributed by atoms with Crippen molar-refractivity contribution in [2.45, 2.75) is 46.1 Å². The molecule has 4 heteroatoms. The van der Waals surface area contributed by atoms with Crippen LogP contribution in [0.5, 0.6) is 0 Å². The van der Waals surface area contributed by atoms with E-state index >= 15 is 0 Å². The number of carbonyl (C=O) groups is 1. The molecule has 3 aromatic rings. The normalized spacial score (nSPS) is 12.0. The molecule has 1 unspecified atom stereocenters. The Kier molecular flexibility index (Phi) is 7.23. The van der Waals surface area contributed by atoms with E-state index in [0.29, 0.717) is 5.56 Å². The Hall–Kier alpha value is -2.88. The molecule has 0 fully saturated rings. The number of fused-ring (bicyclic) bond motifs is 1. The van der Waals surface area contributed by atoms with Gasteiger partial charge in [-0.15, -0.1) is 0 Å². The number of hydrogen-bond acceptors (Lipinski definition) is 3. The van der Waals surface area contributed by atoms with Gasteiger partial charge in [0.25, 0.3) is 5.91 Å². The van der Waals surface area contributed by atoms with Crippen molar-refractivity contribution in [2.75, 3.05) is 18.0 Å². The summed E-state index contributed by atoms with van der Waals surface area (Å²) in [6, 6.07) is 20.0. The minimum Gasteiger partial charge on any atom is -0.357 e. The average molecular weight is 390 g/mol. The highest BCUT2D eigenvalue weighted by molar-refractivity contribution is 6.07. The van der Waals surface area contributed by atoms with Crippen LogP contribution < -0.4 is 10.2 Å². The molecule has 2 aromatic carbocycles. The zero-order chi connectivity index (χ0) is 20.6. The minimum atomic E-state index is -0.0490. The van der Waals surface area contributed by atoms with Crippen LogP contribution in [0.4, 0.5) is 5.82 Å². The molecule has 0 saturated carbocycles. The lowest BCUT2D eigenvalue weighted by Gasteiger charge is -2.24. The number of aromatic nitrogens is 1. The maximum absolute atomic E-state index is 13.3. The summed E-state index contributed by atoms with van der Waals surface area (Å²) in [5.74, 6) is 0.824. The molecule has 152 valence electrons. The van der Waals surface area contributed by atoms with E-state index in [-0.39, 0.29) is 11.9 Å². The SMILES string of the molecule is CCCCN(CC)c1cc(C(=O)NC(CC)c2ccccc2)c2ccccc2n1. The molecule has 1 heterocycles. The Balaban J connectivity index is 1.97. The van der Waals surface area contributed by atoms with Crippen LogP contribution in [0.25, 0.3) is 10.9 Å². The third kappa shape index (κ3) is 4.94. The van der Waals surface area contributed by atoms with Gasteiger partial charge in [0.15, 0.2) is 0 Å². The van der Waals surface area contributed by atoms with Gasteiger partial charge in [0, 0.05) is 18.5 Å². The molecular weight excluding hydrogens is 358 g/mol. The molecule has 3 rings (SSSR count). The molecule has 0 aliphatic carbocycles. The summed E-state index contributed by atoms with van der Waals surface area (Å²) in [6.07, 6.45) is 3.08. The standard InChI is InChI=1S/C25H31N3O/c1-4-7-17-28(6-3)24-18-21(20-15-11-12-16-23(20)26-24)25(29)27-22(5-2)19-13-9-8-10-14-19/h8-16,18,22H,4-7,17H2,1-3H3,(H,27,29). The molecule has 1 amide bonds. The van der Waals surface area contributed by atoms with Gasteiger partial charge >= 0.3 is 0 Å². The van der Waals surface area contributed by atoms with E-state index in [1.165, 1.54) is 0 Å². The fraction of sp³-hybridized carbons (Fsp3) is 0.360. The molecule has 0 spiro atoms. The van der Waals surface area contributed by atoms with Gasteiger partial charge in [-0.05, 0) is 37.5 Å². The van der Waals surface area contributed by atoms with Crippen molar-refractivity contribution in [3.63, 3.8) is 0 Å². The summed E-state index contributed by atoms with van der Waals surface area (Å²) >= 11 is 0. The molecule has 1 N–H and O–H groups in total. The lowest BCUT2D eigenvalue weighted by Crippen LogP contribution is -2.29. The lowest BCUT2D eigenvalue weighted by atomic mass is 10.0. The Morgan fingerprint density at radius 3 is 2.45 bits per heavy atom. The Labute approximate surface area is 174 Å². The number of anilines is 1. The number of unbranched alkanes of at least 4 members (excludes halogenated alkanes) is 1. The number of nitrogens with one attached hydrogen (secondary N) is 1. The van der Waals surface area contributed by atoms with Crippen molar-refractivity contribution >= 4 is 22.6 Å². The van der Waals surface area contributed by atoms with Crippen LogP contribution in [-0.4, -0.2) is 24.0 Å². The van der Waals surface area contributed by atoms with Gasteiger partial charge in [-0.2, -0.15) is 0 Å². The summed E-state index contributed by atoms with van der Waals surface area (Å²) < 4.78 is 0. The third-order valence-electron chi connectivity index (χ3n) is 5.35. The predicted octanol–water partition coefficient (Wildman–Crippen LogP) is 5.74. The molecule has 0 aliphatic rings. The number of para-hydroxylation sites is 1. The fourth-order valence-electron chi connectivity index (χ4n) is 3.64. The fourth-order valence-corrected chi connectivity index (χ4v) is 3.64. The van der Waals surface area contributed by atoms with E-state index in [9.17, 15) is 4.79 Å². The molecular formula is C25H31N3O. The molecule has 4 nitrogen and oxygen atoms in total. The highest BCUT2D eigenvalue weighted by Gasteiger charge is 2.19. The number of hydrogen-bond donors (Lipinski definition) is 1. The Morgan fingerprint density at radius 1 is 1.03 bits per heavy atom. The number of carbonyl (C=O) groups excluding carboxylic acids is 1. The maximum atomic E-state index is 13.3. The van der Waals surface area contributed by atoms with Crippen molar-refractivity contribution in [1.29, 1.82) is 0 Å². The zero-order valence-corrected chi connectivity index (χ0v) is 17.7. The monoisotopic (exact) mass is 389 g/mol. The van der Waals surface area contributed by atoms with Gasteiger partial charge in [-0.25, -0.2) is 4.98 Å². The van der Waals surface area contributed by atoms with Crippen molar-refractivity contribution in [3.05, 3.63) is 71.8 Å². The summed E-state index contributed by atoms with van der Waals surface area (Å²) in [6.45, 7) is 8.23. The largest absolute Gasteiger partial charge is 0.357 e. The highest BCUT2D eigenvalue weighted by Crippen LogP contribution is 2.25. The van der Waals surface area contributed by atoms with Crippen LogP contribution in [-0.2, 0) is 0 Å². The van der Waals surface area contributed by atoms with Gasteiger partial charge in [0.1, 0.15) is 5.82 Å². The topological polar surface area (TPSA) is 45.2 Å². The summed E-state index contributed by atoms with van der Waals surface area (Å²) in [7, 11) is 0. The molecule has 0 aliphatic heterocycles. The molecule has 0 radical (unpaired) electrons. The summed E-state index contributed by atoms with van der Waals surface area (Å²) in [5, 5.41) is 4.13. The Morgan fingerprint density at radius 2 is 1.76 bits per heavy atom. The van der Waals surface area contributed by atoms with Crippen LogP contribution in [0.15, 0.2) is 60.7 Å². The first-order chi connectivity index (χ1) is 14.2. The van der Waals surface area contributed by atoms with Crippen LogP contribution in [0.1, 0.15) is 62.0 Å². The molecule has 29 heavy (non-hydrogen) atoms. The van der Waals surface area contributed by atoms with Crippen molar-refractivity contribution in [2.24, 2.45) is 0 Å². The molecule has 0 saturated heterocycles. The minimum absolute atomic E-state index is 0.0125. The van der Waals surface area contributed by atoms with Gasteiger partial charge in [-0.1, -0.05) is 68.8 Å². The lowest BCUT2D eigenvalue weighted by molar-refractivity contribution is 0.0937. The van der Waals surface area contributed by atoms with Gasteiger partial charge in [0.2, 0.25) is 0 Å². The molecule has 0 bridgehead atoms. The predicted molar refractivity (Wildman–Crippen MR) is 121 cm³/mol. The van der Waals surface area contributed by atoms with E-state index in [1.54, 1.807) is 0 Å². The first-order valence-corrected chi connectivity index (χ1v) is 10.7. The van der Waals surface area contributed by atoms with Gasteiger partial charge in [0.05, 0.1) is 17.1 Å². The Bertz CT molecular complexity index is 939. The average Bonchev–Trinajstić information content (AvgIpc) is 2.77. The number of amides is 1. The van der Waals surface area contributed by atoms with Gasteiger partial charge < -0.3 is 10.2 Å². The van der Waals surface area contributed by atoms with Crippen molar-refractivity contribution < 1.29 is 4.79 Å². The van der Waals surface area contributed by atoms with E-state index in [4.69, 9.17) is 4.98 Å². The second-order valence-electron chi connectivity index (χ2n) is 7.32.